The Bertz CT molecular complexity index is 1340. The van der Waals surface area contributed by atoms with Gasteiger partial charge in [0.05, 0.1) is 18.5 Å². The first-order chi connectivity index (χ1) is 16.3. The van der Waals surface area contributed by atoms with Crippen LogP contribution in [0.2, 0.25) is 0 Å². The van der Waals surface area contributed by atoms with Crippen LogP contribution in [0.15, 0.2) is 115 Å². The fourth-order valence-electron chi connectivity index (χ4n) is 3.86. The summed E-state index contributed by atoms with van der Waals surface area (Å²) in [6, 6.07) is 38.5. The van der Waals surface area contributed by atoms with Crippen LogP contribution in [0, 0.1) is 0 Å². The van der Waals surface area contributed by atoms with Crippen molar-refractivity contribution in [2.24, 2.45) is 0 Å². The zero-order chi connectivity index (χ0) is 22.5. The molecule has 0 saturated heterocycles. The van der Waals surface area contributed by atoms with Crippen molar-refractivity contribution >= 4 is 0 Å². The summed E-state index contributed by atoms with van der Waals surface area (Å²) in [4.78, 5) is 0. The normalized spacial score (nSPS) is 10.7. The fraction of sp³-hybridized carbons (Fsp3) is 0.0690. The Morgan fingerprint density at radius 2 is 1.33 bits per heavy atom. The van der Waals surface area contributed by atoms with Crippen LogP contribution in [0.25, 0.3) is 28.2 Å². The quantitative estimate of drug-likeness (QED) is 0.284. The van der Waals surface area contributed by atoms with Crippen molar-refractivity contribution in [2.45, 2.75) is 6.61 Å². The van der Waals surface area contributed by atoms with Crippen LogP contribution in [0.1, 0.15) is 5.56 Å². The maximum Gasteiger partial charge on any atom is 0.144 e. The molecule has 5 aromatic rings. The lowest BCUT2D eigenvalue weighted by atomic mass is 10.1. The topological polar surface area (TPSA) is 36.3 Å². The summed E-state index contributed by atoms with van der Waals surface area (Å²) >= 11 is 0. The van der Waals surface area contributed by atoms with Crippen molar-refractivity contribution < 1.29 is 9.47 Å². The number of hydrogen-bond acceptors (Lipinski definition) is 3. The summed E-state index contributed by atoms with van der Waals surface area (Å²) in [7, 11) is 1.68. The van der Waals surface area contributed by atoms with Gasteiger partial charge in [0.15, 0.2) is 0 Å². The molecule has 0 atom stereocenters. The number of rotatable bonds is 7. The standard InChI is InChI=1S/C29H24N2O2/c1-32-29-19-11-9-17-26(29)31-27(23-14-6-3-7-15-23)20-25(30-31)24-16-8-10-18-28(24)33-21-22-12-4-2-5-13-22/h2-20H,21H2,1H3. The molecule has 4 heteroatoms. The van der Waals surface area contributed by atoms with E-state index in [1.54, 1.807) is 7.11 Å². The van der Waals surface area contributed by atoms with Crippen molar-refractivity contribution in [1.29, 1.82) is 0 Å². The fourth-order valence-corrected chi connectivity index (χ4v) is 3.86. The second kappa shape index (κ2) is 9.45. The third-order valence-corrected chi connectivity index (χ3v) is 5.49. The van der Waals surface area contributed by atoms with Crippen LogP contribution in [-0.2, 0) is 6.61 Å². The predicted octanol–water partition coefficient (Wildman–Crippen LogP) is 6.79. The molecular formula is C29H24N2O2. The summed E-state index contributed by atoms with van der Waals surface area (Å²) < 4.78 is 13.8. The molecule has 0 aliphatic heterocycles. The molecule has 162 valence electrons. The van der Waals surface area contributed by atoms with E-state index in [1.807, 2.05) is 89.6 Å². The number of benzene rings is 4. The van der Waals surface area contributed by atoms with E-state index >= 15 is 0 Å². The SMILES string of the molecule is COc1ccccc1-n1nc(-c2ccccc2OCc2ccccc2)cc1-c1ccccc1. The van der Waals surface area contributed by atoms with Crippen LogP contribution >= 0.6 is 0 Å². The molecule has 0 aliphatic rings. The van der Waals surface area contributed by atoms with Gasteiger partial charge in [0.2, 0.25) is 0 Å². The van der Waals surface area contributed by atoms with Gasteiger partial charge in [0.1, 0.15) is 23.8 Å². The van der Waals surface area contributed by atoms with Gasteiger partial charge in [0, 0.05) is 11.1 Å². The summed E-state index contributed by atoms with van der Waals surface area (Å²) in [5, 5.41) is 5.01. The van der Waals surface area contributed by atoms with E-state index in [0.717, 1.165) is 45.3 Å². The van der Waals surface area contributed by atoms with E-state index in [2.05, 4.69) is 30.3 Å². The lowest BCUT2D eigenvalue weighted by Crippen LogP contribution is -2.02. The highest BCUT2D eigenvalue weighted by Crippen LogP contribution is 2.35. The number of hydrogen-bond donors (Lipinski definition) is 0. The molecule has 0 unspecified atom stereocenters. The predicted molar refractivity (Wildman–Crippen MR) is 132 cm³/mol. The van der Waals surface area contributed by atoms with Gasteiger partial charge in [-0.3, -0.25) is 0 Å². The monoisotopic (exact) mass is 432 g/mol. The maximum atomic E-state index is 6.21. The van der Waals surface area contributed by atoms with Gasteiger partial charge < -0.3 is 9.47 Å². The summed E-state index contributed by atoms with van der Waals surface area (Å²) in [5.41, 5.74) is 5.84. The van der Waals surface area contributed by atoms with E-state index in [1.165, 1.54) is 0 Å². The molecular weight excluding hydrogens is 408 g/mol. The Hall–Kier alpha value is -4.31. The molecule has 0 fully saturated rings. The molecule has 4 aromatic carbocycles. The highest BCUT2D eigenvalue weighted by Gasteiger charge is 2.17. The first kappa shape index (κ1) is 20.6. The highest BCUT2D eigenvalue weighted by molar-refractivity contribution is 5.74. The first-order valence-electron chi connectivity index (χ1n) is 10.9. The molecule has 5 rings (SSSR count). The van der Waals surface area contributed by atoms with Crippen LogP contribution in [-0.4, -0.2) is 16.9 Å². The van der Waals surface area contributed by atoms with Crippen molar-refractivity contribution in [3.8, 4) is 39.7 Å². The van der Waals surface area contributed by atoms with E-state index in [9.17, 15) is 0 Å². The Morgan fingerprint density at radius 1 is 0.697 bits per heavy atom. The number of nitrogens with zero attached hydrogens (tertiary/aromatic N) is 2. The number of methoxy groups -OCH3 is 1. The van der Waals surface area contributed by atoms with E-state index in [4.69, 9.17) is 14.6 Å². The van der Waals surface area contributed by atoms with Gasteiger partial charge in [-0.15, -0.1) is 0 Å². The molecule has 0 aliphatic carbocycles. The molecule has 0 radical (unpaired) electrons. The zero-order valence-electron chi connectivity index (χ0n) is 18.4. The number of aromatic nitrogens is 2. The zero-order valence-corrected chi connectivity index (χ0v) is 18.4. The van der Waals surface area contributed by atoms with Crippen molar-refractivity contribution in [1.82, 2.24) is 9.78 Å². The van der Waals surface area contributed by atoms with Gasteiger partial charge >= 0.3 is 0 Å². The van der Waals surface area contributed by atoms with Gasteiger partial charge in [-0.1, -0.05) is 84.9 Å². The van der Waals surface area contributed by atoms with Gasteiger partial charge in [-0.25, -0.2) is 4.68 Å². The largest absolute Gasteiger partial charge is 0.494 e. The third kappa shape index (κ3) is 4.37. The van der Waals surface area contributed by atoms with Crippen LogP contribution in [0.4, 0.5) is 0 Å². The Labute approximate surface area is 193 Å². The second-order valence-electron chi connectivity index (χ2n) is 7.63. The minimum Gasteiger partial charge on any atom is -0.494 e. The third-order valence-electron chi connectivity index (χ3n) is 5.49. The van der Waals surface area contributed by atoms with Gasteiger partial charge in [-0.2, -0.15) is 5.10 Å². The summed E-state index contributed by atoms with van der Waals surface area (Å²) in [6.45, 7) is 0.497. The van der Waals surface area contributed by atoms with Crippen molar-refractivity contribution in [3.63, 3.8) is 0 Å². The Kier molecular flexibility index (Phi) is 5.89. The molecule has 1 heterocycles. The van der Waals surface area contributed by atoms with Crippen LogP contribution in [0.3, 0.4) is 0 Å². The maximum absolute atomic E-state index is 6.21. The lowest BCUT2D eigenvalue weighted by Gasteiger charge is -2.12. The Balaban J connectivity index is 1.60. The smallest absolute Gasteiger partial charge is 0.144 e. The Morgan fingerprint density at radius 3 is 2.09 bits per heavy atom. The summed E-state index contributed by atoms with van der Waals surface area (Å²) in [6.07, 6.45) is 0. The molecule has 4 nitrogen and oxygen atoms in total. The highest BCUT2D eigenvalue weighted by atomic mass is 16.5. The molecule has 0 amide bonds. The minimum absolute atomic E-state index is 0.497. The molecule has 0 N–H and O–H groups in total. The van der Waals surface area contributed by atoms with E-state index < -0.39 is 0 Å². The average Bonchev–Trinajstić information content (AvgIpc) is 3.34. The molecule has 33 heavy (non-hydrogen) atoms. The number of para-hydroxylation sites is 3. The van der Waals surface area contributed by atoms with Gasteiger partial charge in [-0.05, 0) is 35.9 Å². The average molecular weight is 433 g/mol. The summed E-state index contributed by atoms with van der Waals surface area (Å²) in [5.74, 6) is 1.56. The van der Waals surface area contributed by atoms with E-state index in [-0.39, 0.29) is 0 Å². The van der Waals surface area contributed by atoms with E-state index in [0.29, 0.717) is 6.61 Å². The lowest BCUT2D eigenvalue weighted by molar-refractivity contribution is 0.307. The van der Waals surface area contributed by atoms with Gasteiger partial charge in [0.25, 0.3) is 0 Å². The second-order valence-corrected chi connectivity index (χ2v) is 7.63. The molecule has 1 aromatic heterocycles. The molecule has 0 bridgehead atoms. The molecule has 0 saturated carbocycles. The number of ether oxygens (including phenoxy) is 2. The molecule has 0 spiro atoms. The van der Waals surface area contributed by atoms with Crippen molar-refractivity contribution in [2.75, 3.05) is 7.11 Å². The first-order valence-corrected chi connectivity index (χ1v) is 10.9. The van der Waals surface area contributed by atoms with Crippen LogP contribution in [0.5, 0.6) is 11.5 Å². The minimum atomic E-state index is 0.497. The van der Waals surface area contributed by atoms with Crippen LogP contribution < -0.4 is 9.47 Å². The van der Waals surface area contributed by atoms with Crippen molar-refractivity contribution in [3.05, 3.63) is 121 Å².